The third kappa shape index (κ3) is 1.39. The quantitative estimate of drug-likeness (QED) is 0.572. The topological polar surface area (TPSA) is 13.1 Å². The lowest BCUT2D eigenvalue weighted by molar-refractivity contribution is 0.668. The van der Waals surface area contributed by atoms with Gasteiger partial charge >= 0.3 is 0 Å². The van der Waals surface area contributed by atoms with Crippen molar-refractivity contribution in [1.29, 1.82) is 0 Å². The van der Waals surface area contributed by atoms with Crippen LogP contribution in [0, 0.1) is 6.92 Å². The molecule has 1 heterocycles. The van der Waals surface area contributed by atoms with E-state index in [9.17, 15) is 0 Å². The number of benzene rings is 2. The molecule has 0 atom stereocenters. The zero-order valence-corrected chi connectivity index (χ0v) is 10.2. The fraction of sp³-hybridized carbons (Fsp3) is 0.0667. The first-order chi connectivity index (χ1) is 8.22. The predicted molar refractivity (Wildman–Crippen MR) is 73.6 cm³/mol. The van der Waals surface area contributed by atoms with Gasteiger partial charge in [-0.05, 0) is 30.2 Å². The lowest BCUT2D eigenvalue weighted by Gasteiger charge is -2.04. The number of furan rings is 1. The second-order valence-electron chi connectivity index (χ2n) is 4.10. The van der Waals surface area contributed by atoms with Gasteiger partial charge in [0, 0.05) is 10.8 Å². The largest absolute Gasteiger partial charge is 0.456 e. The molecule has 0 radical (unpaired) electrons. The molecule has 0 amide bonds. The van der Waals surface area contributed by atoms with Crippen LogP contribution in [0.1, 0.15) is 11.1 Å². The molecule has 2 heteroatoms. The monoisotopic (exact) mass is 242 g/mol. The van der Waals surface area contributed by atoms with Crippen LogP contribution < -0.4 is 0 Å². The second-order valence-corrected chi connectivity index (χ2v) is 4.47. The van der Waals surface area contributed by atoms with Crippen LogP contribution >= 0.6 is 11.6 Å². The summed E-state index contributed by atoms with van der Waals surface area (Å²) in [5, 5.41) is 2.75. The van der Waals surface area contributed by atoms with E-state index in [0.717, 1.165) is 38.1 Å². The van der Waals surface area contributed by atoms with Gasteiger partial charge in [-0.3, -0.25) is 0 Å². The smallest absolute Gasteiger partial charge is 0.137 e. The molecular formula is C15H11ClO. The van der Waals surface area contributed by atoms with Crippen molar-refractivity contribution in [2.75, 3.05) is 0 Å². The van der Waals surface area contributed by atoms with E-state index in [1.165, 1.54) is 0 Å². The second kappa shape index (κ2) is 3.64. The molecular weight excluding hydrogens is 232 g/mol. The Bertz CT molecular complexity index is 737. The van der Waals surface area contributed by atoms with E-state index in [1.807, 2.05) is 37.3 Å². The highest BCUT2D eigenvalue weighted by molar-refractivity contribution is 6.39. The van der Waals surface area contributed by atoms with Crippen LogP contribution in [-0.2, 0) is 0 Å². The molecule has 1 nitrogen and oxygen atoms in total. The summed E-state index contributed by atoms with van der Waals surface area (Å²) in [6.45, 7) is 5.82. The Morgan fingerprint density at radius 3 is 2.76 bits per heavy atom. The van der Waals surface area contributed by atoms with Crippen molar-refractivity contribution >= 4 is 39.6 Å². The lowest BCUT2D eigenvalue weighted by atomic mass is 10.0. The Hall–Kier alpha value is -1.73. The molecule has 0 spiro atoms. The summed E-state index contributed by atoms with van der Waals surface area (Å²) in [7, 11) is 0. The molecule has 2 aromatic carbocycles. The Morgan fingerprint density at radius 1 is 1.24 bits per heavy atom. The maximum Gasteiger partial charge on any atom is 0.137 e. The molecule has 0 unspecified atom stereocenters. The minimum absolute atomic E-state index is 0.722. The summed E-state index contributed by atoms with van der Waals surface area (Å²) in [4.78, 5) is 0. The average molecular weight is 243 g/mol. The van der Waals surface area contributed by atoms with Crippen LogP contribution in [0.25, 0.3) is 28.0 Å². The molecule has 1 aromatic heterocycles. The number of para-hydroxylation sites is 1. The zero-order chi connectivity index (χ0) is 12.0. The number of hydrogen-bond donors (Lipinski definition) is 0. The molecule has 3 rings (SSSR count). The molecule has 0 fully saturated rings. The summed E-state index contributed by atoms with van der Waals surface area (Å²) >= 11 is 6.44. The van der Waals surface area contributed by atoms with Crippen molar-refractivity contribution < 1.29 is 4.42 Å². The van der Waals surface area contributed by atoms with E-state index >= 15 is 0 Å². The van der Waals surface area contributed by atoms with Gasteiger partial charge in [0.15, 0.2) is 0 Å². The van der Waals surface area contributed by atoms with Crippen LogP contribution in [0.5, 0.6) is 0 Å². The number of fused-ring (bicyclic) bond motifs is 3. The third-order valence-electron chi connectivity index (χ3n) is 3.06. The highest BCUT2D eigenvalue weighted by Crippen LogP contribution is 2.37. The van der Waals surface area contributed by atoms with Gasteiger partial charge in [0.1, 0.15) is 11.2 Å². The molecule has 0 saturated heterocycles. The number of halogens is 1. The SMILES string of the molecule is C=Cc1c(C)cc2oc3ccccc3c2c1Cl. The highest BCUT2D eigenvalue weighted by atomic mass is 35.5. The van der Waals surface area contributed by atoms with Gasteiger partial charge in [0.2, 0.25) is 0 Å². The van der Waals surface area contributed by atoms with Crippen LogP contribution in [0.2, 0.25) is 5.02 Å². The molecule has 0 saturated carbocycles. The van der Waals surface area contributed by atoms with Crippen LogP contribution in [0.3, 0.4) is 0 Å². The van der Waals surface area contributed by atoms with Crippen molar-refractivity contribution in [1.82, 2.24) is 0 Å². The third-order valence-corrected chi connectivity index (χ3v) is 3.45. The number of hydrogen-bond acceptors (Lipinski definition) is 1. The fourth-order valence-corrected chi connectivity index (χ4v) is 2.65. The average Bonchev–Trinajstić information content (AvgIpc) is 2.67. The number of rotatable bonds is 1. The fourth-order valence-electron chi connectivity index (χ4n) is 2.23. The van der Waals surface area contributed by atoms with Gasteiger partial charge in [-0.1, -0.05) is 42.5 Å². The maximum atomic E-state index is 6.44. The number of aryl methyl sites for hydroxylation is 1. The maximum absolute atomic E-state index is 6.44. The van der Waals surface area contributed by atoms with Gasteiger partial charge in [0.25, 0.3) is 0 Å². The Labute approximate surface area is 104 Å². The first-order valence-electron chi connectivity index (χ1n) is 5.45. The standard InChI is InChI=1S/C15H11ClO/c1-3-10-9(2)8-13-14(15(10)16)11-6-4-5-7-12(11)17-13/h3-8H,1H2,2H3. The molecule has 0 bridgehead atoms. The Morgan fingerprint density at radius 2 is 2.00 bits per heavy atom. The van der Waals surface area contributed by atoms with Gasteiger partial charge in [-0.2, -0.15) is 0 Å². The first kappa shape index (κ1) is 10.4. The zero-order valence-electron chi connectivity index (χ0n) is 9.46. The van der Waals surface area contributed by atoms with Crippen molar-refractivity contribution in [3.05, 3.63) is 53.1 Å². The van der Waals surface area contributed by atoms with Gasteiger partial charge < -0.3 is 4.42 Å². The van der Waals surface area contributed by atoms with Crippen molar-refractivity contribution in [2.45, 2.75) is 6.92 Å². The summed E-state index contributed by atoms with van der Waals surface area (Å²) in [6, 6.07) is 9.93. The summed E-state index contributed by atoms with van der Waals surface area (Å²) in [5.74, 6) is 0. The first-order valence-corrected chi connectivity index (χ1v) is 5.83. The van der Waals surface area contributed by atoms with Crippen LogP contribution in [-0.4, -0.2) is 0 Å². The van der Waals surface area contributed by atoms with E-state index < -0.39 is 0 Å². The molecule has 0 N–H and O–H groups in total. The summed E-state index contributed by atoms with van der Waals surface area (Å²) in [6.07, 6.45) is 1.79. The van der Waals surface area contributed by atoms with E-state index in [1.54, 1.807) is 6.08 Å². The van der Waals surface area contributed by atoms with Gasteiger partial charge in [0.05, 0.1) is 5.02 Å². The van der Waals surface area contributed by atoms with E-state index in [4.69, 9.17) is 16.0 Å². The van der Waals surface area contributed by atoms with Gasteiger partial charge in [-0.15, -0.1) is 0 Å². The molecule has 0 aliphatic carbocycles. The van der Waals surface area contributed by atoms with E-state index in [2.05, 4.69) is 6.58 Å². The normalized spacial score (nSPS) is 11.2. The minimum Gasteiger partial charge on any atom is -0.456 e. The van der Waals surface area contributed by atoms with Crippen LogP contribution in [0.4, 0.5) is 0 Å². The van der Waals surface area contributed by atoms with E-state index in [0.29, 0.717) is 0 Å². The lowest BCUT2D eigenvalue weighted by Crippen LogP contribution is -1.82. The van der Waals surface area contributed by atoms with Crippen LogP contribution in [0.15, 0.2) is 41.3 Å². The minimum atomic E-state index is 0.722. The highest BCUT2D eigenvalue weighted by Gasteiger charge is 2.13. The van der Waals surface area contributed by atoms with Gasteiger partial charge in [-0.25, -0.2) is 0 Å². The summed E-state index contributed by atoms with van der Waals surface area (Å²) in [5.41, 5.74) is 3.76. The van der Waals surface area contributed by atoms with Crippen molar-refractivity contribution in [2.24, 2.45) is 0 Å². The molecule has 17 heavy (non-hydrogen) atoms. The van der Waals surface area contributed by atoms with Crippen molar-refractivity contribution in [3.63, 3.8) is 0 Å². The van der Waals surface area contributed by atoms with Crippen molar-refractivity contribution in [3.8, 4) is 0 Å². The molecule has 0 aliphatic rings. The summed E-state index contributed by atoms with van der Waals surface area (Å²) < 4.78 is 5.79. The van der Waals surface area contributed by atoms with E-state index in [-0.39, 0.29) is 0 Å². The Kier molecular flexibility index (Phi) is 2.23. The molecule has 0 aliphatic heterocycles. The predicted octanol–water partition coefficient (Wildman–Crippen LogP) is 5.19. The molecule has 3 aromatic rings. The molecule has 84 valence electrons. The Balaban J connectivity index is 2.60.